The van der Waals surface area contributed by atoms with Gasteiger partial charge in [0.1, 0.15) is 22.2 Å². The Kier molecular flexibility index (Phi) is 12.6. The molecule has 20 aromatic rings. The van der Waals surface area contributed by atoms with Crippen LogP contribution >= 0.6 is 22.7 Å². The van der Waals surface area contributed by atoms with Crippen molar-refractivity contribution in [2.24, 2.45) is 0 Å². The van der Waals surface area contributed by atoms with Gasteiger partial charge in [0.05, 0.1) is 11.0 Å². The molecular formula is C88H54N2O2S2. The Morgan fingerprint density at radius 2 is 0.585 bits per heavy atom. The molecule has 0 bridgehead atoms. The van der Waals surface area contributed by atoms with E-state index in [0.717, 1.165) is 94.0 Å². The third-order valence-corrected chi connectivity index (χ3v) is 21.3. The van der Waals surface area contributed by atoms with Gasteiger partial charge in [0.15, 0.2) is 11.2 Å². The average molecular weight is 1240 g/mol. The standard InChI is InChI=1S/2C44H27NOS/c1-3-14-28(15-4-1)30-21-11-24-35-36-25-13-23-34(44(36)47-43(30)35)32-19-8-7-18-31(32)33-22-12-26-38-40-42(46-41(33)38)37-20-9-10-27-39(37)45(40)29-16-5-2-6-17-29;1-3-12-28(13-4-1)29-22-24-34-35-25-23-30(27-41(35)47-40(34)26-29)32-16-7-8-17-33(32)36-19-11-20-38-42-44(46-43(36)38)37-18-9-10-21-39(37)45(42)31-14-5-2-6-15-31/h2*1-27H. The van der Waals surface area contributed by atoms with Crippen LogP contribution in [-0.4, -0.2) is 9.13 Å². The fourth-order valence-electron chi connectivity index (χ4n) is 14.7. The first-order valence-corrected chi connectivity index (χ1v) is 33.5. The van der Waals surface area contributed by atoms with Gasteiger partial charge in [0, 0.05) is 90.0 Å². The van der Waals surface area contributed by atoms with Gasteiger partial charge in [-0.2, -0.15) is 0 Å². The number of fused-ring (bicyclic) bond motifs is 16. The van der Waals surface area contributed by atoms with Crippen LogP contribution in [0.5, 0.6) is 0 Å². The van der Waals surface area contributed by atoms with E-state index in [2.05, 4.69) is 337 Å². The lowest BCUT2D eigenvalue weighted by molar-refractivity contribution is 0.673. The first kappa shape index (κ1) is 54.0. The Balaban J connectivity index is 0.000000133. The van der Waals surface area contributed by atoms with Crippen LogP contribution in [0.25, 0.3) is 184 Å². The number of benzene rings is 14. The third-order valence-electron chi connectivity index (χ3n) is 18.9. The van der Waals surface area contributed by atoms with Crippen LogP contribution in [0.1, 0.15) is 0 Å². The molecule has 6 heterocycles. The van der Waals surface area contributed by atoms with Gasteiger partial charge in [0.2, 0.25) is 0 Å². The van der Waals surface area contributed by atoms with E-state index in [4.69, 9.17) is 8.83 Å². The van der Waals surface area contributed by atoms with Gasteiger partial charge in [-0.15, -0.1) is 22.7 Å². The summed E-state index contributed by atoms with van der Waals surface area (Å²) in [6.07, 6.45) is 0. The first-order valence-electron chi connectivity index (χ1n) is 31.9. The molecule has 0 aliphatic heterocycles. The van der Waals surface area contributed by atoms with Crippen molar-refractivity contribution in [3.05, 3.63) is 328 Å². The van der Waals surface area contributed by atoms with E-state index < -0.39 is 0 Å². The van der Waals surface area contributed by atoms with Gasteiger partial charge < -0.3 is 18.0 Å². The molecule has 0 N–H and O–H groups in total. The molecule has 0 spiro atoms. The number of furan rings is 2. The quantitative estimate of drug-likeness (QED) is 0.152. The highest BCUT2D eigenvalue weighted by Crippen LogP contribution is 2.50. The normalized spacial score (nSPS) is 11.8. The molecular weight excluding hydrogens is 1180 g/mol. The fourth-order valence-corrected chi connectivity index (χ4v) is 17.2. The van der Waals surface area contributed by atoms with Gasteiger partial charge in [-0.05, 0) is 123 Å². The number of thiophene rings is 2. The van der Waals surface area contributed by atoms with Crippen molar-refractivity contribution in [1.29, 1.82) is 0 Å². The van der Waals surface area contributed by atoms with Crippen LogP contribution in [0.2, 0.25) is 0 Å². The van der Waals surface area contributed by atoms with Crippen molar-refractivity contribution in [3.8, 4) is 78.1 Å². The molecule has 0 fully saturated rings. The number of rotatable bonds is 8. The van der Waals surface area contributed by atoms with Crippen molar-refractivity contribution >= 4 is 129 Å². The largest absolute Gasteiger partial charge is 0.453 e. The highest BCUT2D eigenvalue weighted by Gasteiger charge is 2.25. The second kappa shape index (κ2) is 22.0. The van der Waals surface area contributed by atoms with Crippen molar-refractivity contribution < 1.29 is 8.83 Å². The zero-order chi connectivity index (χ0) is 61.8. The van der Waals surface area contributed by atoms with E-state index in [9.17, 15) is 0 Å². The van der Waals surface area contributed by atoms with Gasteiger partial charge in [-0.25, -0.2) is 0 Å². The van der Waals surface area contributed by atoms with Gasteiger partial charge in [0.25, 0.3) is 0 Å². The minimum absolute atomic E-state index is 0.912. The zero-order valence-corrected chi connectivity index (χ0v) is 52.3. The minimum Gasteiger partial charge on any atom is -0.453 e. The summed E-state index contributed by atoms with van der Waals surface area (Å²) in [5, 5.41) is 9.66. The van der Waals surface area contributed by atoms with E-state index in [1.807, 2.05) is 22.7 Å². The Labute approximate surface area is 548 Å². The average Bonchev–Trinajstić information content (AvgIpc) is 1.58. The maximum Gasteiger partial charge on any atom is 0.161 e. The number of para-hydroxylation sites is 6. The smallest absolute Gasteiger partial charge is 0.161 e. The molecule has 0 unspecified atom stereocenters. The summed E-state index contributed by atoms with van der Waals surface area (Å²) < 4.78 is 23.7. The van der Waals surface area contributed by atoms with E-state index in [0.29, 0.717) is 0 Å². The first-order chi connectivity index (χ1) is 46.7. The number of nitrogens with zero attached hydrogens (tertiary/aromatic N) is 2. The second-order valence-electron chi connectivity index (χ2n) is 24.1. The zero-order valence-electron chi connectivity index (χ0n) is 50.7. The predicted octanol–water partition coefficient (Wildman–Crippen LogP) is 25.8. The van der Waals surface area contributed by atoms with E-state index in [-0.39, 0.29) is 0 Å². The van der Waals surface area contributed by atoms with Crippen LogP contribution in [0.3, 0.4) is 0 Å². The molecule has 20 rings (SSSR count). The Morgan fingerprint density at radius 3 is 1.13 bits per heavy atom. The lowest BCUT2D eigenvalue weighted by atomic mass is 9.93. The van der Waals surface area contributed by atoms with Crippen LogP contribution in [0, 0.1) is 0 Å². The highest BCUT2D eigenvalue weighted by molar-refractivity contribution is 7.27. The van der Waals surface area contributed by atoms with E-state index >= 15 is 0 Å². The molecule has 0 atom stereocenters. The van der Waals surface area contributed by atoms with Crippen molar-refractivity contribution in [2.75, 3.05) is 0 Å². The SMILES string of the molecule is c1ccc(-c2ccc3c(c2)sc2cc(-c4ccccc4-c4cccc5c4oc4c6ccccc6n(-c6ccccc6)c54)ccc23)cc1.c1ccc(-c2cccc3c2sc2c(-c4ccccc4-c4cccc5c4oc4c6ccccc6n(-c6ccccc6)c54)cccc23)cc1. The second-order valence-corrected chi connectivity index (χ2v) is 26.2. The predicted molar refractivity (Wildman–Crippen MR) is 400 cm³/mol. The van der Waals surface area contributed by atoms with Gasteiger partial charge >= 0.3 is 0 Å². The maximum absolute atomic E-state index is 6.93. The molecule has 0 aliphatic rings. The number of aromatic nitrogens is 2. The summed E-state index contributed by atoms with van der Waals surface area (Å²) in [7, 11) is 0. The molecule has 0 saturated carbocycles. The lowest BCUT2D eigenvalue weighted by Crippen LogP contribution is -1.93. The molecule has 4 nitrogen and oxygen atoms in total. The molecule has 0 amide bonds. The fraction of sp³-hybridized carbons (Fsp3) is 0. The summed E-state index contributed by atoms with van der Waals surface area (Å²) >= 11 is 3.76. The molecule has 440 valence electrons. The third kappa shape index (κ3) is 8.58. The Morgan fingerprint density at radius 1 is 0.213 bits per heavy atom. The number of hydrogen-bond donors (Lipinski definition) is 0. The summed E-state index contributed by atoms with van der Waals surface area (Å²) in [5.41, 5.74) is 24.8. The summed E-state index contributed by atoms with van der Waals surface area (Å²) in [6, 6.07) is 117. The molecule has 94 heavy (non-hydrogen) atoms. The van der Waals surface area contributed by atoms with Gasteiger partial charge in [-0.3, -0.25) is 0 Å². The van der Waals surface area contributed by atoms with Crippen LogP contribution in [0.15, 0.2) is 336 Å². The van der Waals surface area contributed by atoms with Crippen LogP contribution < -0.4 is 0 Å². The molecule has 6 heteroatoms. The van der Waals surface area contributed by atoms with Crippen LogP contribution in [0.4, 0.5) is 0 Å². The summed E-state index contributed by atoms with van der Waals surface area (Å²) in [4.78, 5) is 0. The van der Waals surface area contributed by atoms with Gasteiger partial charge in [-0.1, -0.05) is 255 Å². The molecule has 0 saturated heterocycles. The molecule has 0 radical (unpaired) electrons. The highest BCUT2D eigenvalue weighted by atomic mass is 32.1. The number of hydrogen-bond acceptors (Lipinski definition) is 4. The Bertz CT molecular complexity index is 6340. The van der Waals surface area contributed by atoms with Crippen molar-refractivity contribution in [1.82, 2.24) is 9.13 Å². The van der Waals surface area contributed by atoms with Crippen molar-refractivity contribution in [2.45, 2.75) is 0 Å². The summed E-state index contributed by atoms with van der Waals surface area (Å²) in [6.45, 7) is 0. The lowest BCUT2D eigenvalue weighted by Gasteiger charge is -2.12. The molecule has 6 aromatic heterocycles. The van der Waals surface area contributed by atoms with Crippen molar-refractivity contribution in [3.63, 3.8) is 0 Å². The topological polar surface area (TPSA) is 36.1 Å². The van der Waals surface area contributed by atoms with E-state index in [1.165, 1.54) is 90.4 Å². The minimum atomic E-state index is 0.912. The van der Waals surface area contributed by atoms with E-state index in [1.54, 1.807) is 0 Å². The monoisotopic (exact) mass is 1230 g/mol. The molecule has 0 aliphatic carbocycles. The van der Waals surface area contributed by atoms with Crippen LogP contribution in [-0.2, 0) is 0 Å². The molecule has 14 aromatic carbocycles. The summed E-state index contributed by atoms with van der Waals surface area (Å²) in [5.74, 6) is 0. The Hall–Kier alpha value is -11.8. The maximum atomic E-state index is 6.93.